The van der Waals surface area contributed by atoms with Crippen molar-refractivity contribution in [3.05, 3.63) is 56.3 Å². The molecule has 3 rings (SSSR count). The predicted molar refractivity (Wildman–Crippen MR) is 113 cm³/mol. The summed E-state index contributed by atoms with van der Waals surface area (Å²) in [7, 11) is 1.26. The third-order valence-corrected chi connectivity index (χ3v) is 6.25. The highest BCUT2D eigenvalue weighted by Crippen LogP contribution is 2.46. The number of carbonyl (C=O) groups is 3. The summed E-state index contributed by atoms with van der Waals surface area (Å²) in [4.78, 5) is 38.7. The zero-order chi connectivity index (χ0) is 22.2. The van der Waals surface area contributed by atoms with Gasteiger partial charge in [-0.1, -0.05) is 36.2 Å². The molecule has 1 heterocycles. The molecule has 8 heteroatoms. The molecule has 0 spiro atoms. The molecule has 0 fully saturated rings. The molecule has 0 saturated carbocycles. The number of dihydropyridines is 1. The van der Waals surface area contributed by atoms with E-state index >= 15 is 0 Å². The minimum absolute atomic E-state index is 0.186. The van der Waals surface area contributed by atoms with E-state index in [1.807, 2.05) is 6.92 Å². The number of hydrogen-bond donors (Lipinski definition) is 1. The van der Waals surface area contributed by atoms with Crippen LogP contribution >= 0.6 is 23.2 Å². The van der Waals surface area contributed by atoms with Gasteiger partial charge in [0.05, 0.1) is 29.3 Å². The van der Waals surface area contributed by atoms with Crippen molar-refractivity contribution in [2.24, 2.45) is 11.8 Å². The maximum absolute atomic E-state index is 13.5. The minimum Gasteiger partial charge on any atom is -0.468 e. The van der Waals surface area contributed by atoms with Crippen molar-refractivity contribution >= 4 is 40.9 Å². The summed E-state index contributed by atoms with van der Waals surface area (Å²) in [5.74, 6) is -3.41. The first-order valence-electron chi connectivity index (χ1n) is 9.66. The van der Waals surface area contributed by atoms with Crippen LogP contribution in [0.1, 0.15) is 38.7 Å². The van der Waals surface area contributed by atoms with E-state index in [0.29, 0.717) is 44.6 Å². The number of Topliss-reactive ketones (excluding diaryl/α,β-unsaturated/α-hetero) is 1. The first-order valence-corrected chi connectivity index (χ1v) is 10.4. The number of allylic oxidation sites excluding steroid dienone is 3. The molecule has 1 aromatic carbocycles. The maximum Gasteiger partial charge on any atom is 0.336 e. The van der Waals surface area contributed by atoms with Gasteiger partial charge in [0.15, 0.2) is 5.78 Å². The molecule has 0 saturated heterocycles. The number of halogens is 2. The van der Waals surface area contributed by atoms with Crippen LogP contribution in [0.3, 0.4) is 0 Å². The monoisotopic (exact) mass is 451 g/mol. The number of benzene rings is 1. The third kappa shape index (κ3) is 3.86. The van der Waals surface area contributed by atoms with E-state index in [1.54, 1.807) is 32.0 Å². The largest absolute Gasteiger partial charge is 0.468 e. The van der Waals surface area contributed by atoms with E-state index in [0.717, 1.165) is 0 Å². The lowest BCUT2D eigenvalue weighted by atomic mass is 9.69. The normalized spacial score (nSPS) is 23.7. The Hall–Kier alpha value is -2.31. The van der Waals surface area contributed by atoms with Crippen molar-refractivity contribution in [2.75, 3.05) is 13.7 Å². The minimum atomic E-state index is -0.942. The molecule has 1 N–H and O–H groups in total. The summed E-state index contributed by atoms with van der Waals surface area (Å²) in [6, 6.07) is 4.97. The molecule has 1 aromatic rings. The fraction of sp³-hybridized carbons (Fsp3) is 0.409. The van der Waals surface area contributed by atoms with Crippen LogP contribution in [0, 0.1) is 11.8 Å². The Morgan fingerprint density at radius 2 is 1.93 bits per heavy atom. The molecule has 0 aromatic heterocycles. The standard InChI is InChI=1S/C22H23Cl2NO5/c1-5-30-22(28)17-11(3)25-15-8-10(2)16(21(27)29-4)20(26)19(15)18(17)12-6-7-13(23)14(24)9-12/h6-7,9-10,16,18,25H,5,8H2,1-4H3/t10-,16+,18+/m1/s1. The van der Waals surface area contributed by atoms with Crippen molar-refractivity contribution in [1.29, 1.82) is 0 Å². The van der Waals surface area contributed by atoms with Gasteiger partial charge in [0, 0.05) is 22.9 Å². The van der Waals surface area contributed by atoms with E-state index in [-0.39, 0.29) is 18.3 Å². The first kappa shape index (κ1) is 22.4. The highest BCUT2D eigenvalue weighted by atomic mass is 35.5. The van der Waals surface area contributed by atoms with Crippen LogP contribution in [-0.4, -0.2) is 31.4 Å². The summed E-state index contributed by atoms with van der Waals surface area (Å²) in [5.41, 5.74) is 2.57. The molecule has 3 atom stereocenters. The number of hydrogen-bond acceptors (Lipinski definition) is 6. The number of methoxy groups -OCH3 is 1. The summed E-state index contributed by atoms with van der Waals surface area (Å²) in [5, 5.41) is 3.86. The van der Waals surface area contributed by atoms with Crippen molar-refractivity contribution in [2.45, 2.75) is 33.1 Å². The highest BCUT2D eigenvalue weighted by molar-refractivity contribution is 6.42. The first-order chi connectivity index (χ1) is 14.2. The Bertz CT molecular complexity index is 982. The van der Waals surface area contributed by atoms with Gasteiger partial charge < -0.3 is 14.8 Å². The molecule has 6 nitrogen and oxygen atoms in total. The van der Waals surface area contributed by atoms with Crippen LogP contribution in [0.2, 0.25) is 10.0 Å². The lowest BCUT2D eigenvalue weighted by Crippen LogP contribution is -2.43. The van der Waals surface area contributed by atoms with Crippen molar-refractivity contribution in [1.82, 2.24) is 5.32 Å². The van der Waals surface area contributed by atoms with Gasteiger partial charge in [-0.3, -0.25) is 9.59 Å². The zero-order valence-corrected chi connectivity index (χ0v) is 18.7. The molecule has 160 valence electrons. The van der Waals surface area contributed by atoms with Gasteiger partial charge in [-0.25, -0.2) is 4.79 Å². The van der Waals surface area contributed by atoms with E-state index in [4.69, 9.17) is 32.7 Å². The second-order valence-corrected chi connectivity index (χ2v) is 8.24. The zero-order valence-electron chi connectivity index (χ0n) is 17.2. The van der Waals surface area contributed by atoms with Gasteiger partial charge in [-0.15, -0.1) is 0 Å². The number of carbonyl (C=O) groups excluding carboxylic acids is 3. The van der Waals surface area contributed by atoms with Crippen LogP contribution in [0.25, 0.3) is 0 Å². The summed E-state index contributed by atoms with van der Waals surface area (Å²) in [6.45, 7) is 5.50. The fourth-order valence-corrected chi connectivity index (χ4v) is 4.49. The Morgan fingerprint density at radius 1 is 1.23 bits per heavy atom. The number of rotatable bonds is 4. The van der Waals surface area contributed by atoms with Gasteiger partial charge in [-0.05, 0) is 43.9 Å². The lowest BCUT2D eigenvalue weighted by molar-refractivity contribution is -0.151. The van der Waals surface area contributed by atoms with Crippen molar-refractivity contribution in [3.63, 3.8) is 0 Å². The Kier molecular flexibility index (Phi) is 6.58. The quantitative estimate of drug-likeness (QED) is 0.546. The molecule has 0 bridgehead atoms. The third-order valence-electron chi connectivity index (χ3n) is 5.52. The molecule has 30 heavy (non-hydrogen) atoms. The van der Waals surface area contributed by atoms with Gasteiger partial charge in [0.25, 0.3) is 0 Å². The second-order valence-electron chi connectivity index (χ2n) is 7.43. The van der Waals surface area contributed by atoms with Gasteiger partial charge in [-0.2, -0.15) is 0 Å². The molecular formula is C22H23Cl2NO5. The fourth-order valence-electron chi connectivity index (χ4n) is 4.19. The number of ketones is 1. The average molecular weight is 452 g/mol. The van der Waals surface area contributed by atoms with E-state index in [1.165, 1.54) is 7.11 Å². The second kappa shape index (κ2) is 8.82. The Balaban J connectivity index is 2.21. The molecule has 1 aliphatic carbocycles. The lowest BCUT2D eigenvalue weighted by Gasteiger charge is -2.38. The number of esters is 2. The summed E-state index contributed by atoms with van der Waals surface area (Å²) in [6.07, 6.45) is 0.464. The predicted octanol–water partition coefficient (Wildman–Crippen LogP) is 4.17. The molecule has 1 aliphatic heterocycles. The topological polar surface area (TPSA) is 81.7 Å². The van der Waals surface area contributed by atoms with Crippen molar-refractivity contribution < 1.29 is 23.9 Å². The van der Waals surface area contributed by atoms with Crippen LogP contribution < -0.4 is 5.32 Å². The number of ether oxygens (including phenoxy) is 2. The maximum atomic E-state index is 13.5. The molecule has 2 aliphatic rings. The SMILES string of the molecule is CCOC(=O)C1=C(C)NC2=C(C(=O)[C@@H](C(=O)OC)[C@H](C)C2)[C@H]1c1ccc(Cl)c(Cl)c1. The van der Waals surface area contributed by atoms with Crippen LogP contribution in [0.4, 0.5) is 0 Å². The van der Waals surface area contributed by atoms with Crippen LogP contribution in [-0.2, 0) is 23.9 Å². The smallest absolute Gasteiger partial charge is 0.336 e. The van der Waals surface area contributed by atoms with Gasteiger partial charge in [0.2, 0.25) is 0 Å². The molecular weight excluding hydrogens is 429 g/mol. The highest BCUT2D eigenvalue weighted by Gasteiger charge is 2.47. The van der Waals surface area contributed by atoms with Crippen LogP contribution in [0.5, 0.6) is 0 Å². The Morgan fingerprint density at radius 3 is 2.53 bits per heavy atom. The van der Waals surface area contributed by atoms with E-state index in [2.05, 4.69) is 5.32 Å². The van der Waals surface area contributed by atoms with Gasteiger partial charge >= 0.3 is 11.9 Å². The molecule has 0 radical (unpaired) electrons. The van der Waals surface area contributed by atoms with Crippen molar-refractivity contribution in [3.8, 4) is 0 Å². The van der Waals surface area contributed by atoms with E-state index < -0.39 is 23.8 Å². The molecule has 0 unspecified atom stereocenters. The average Bonchev–Trinajstić information content (AvgIpc) is 2.68. The van der Waals surface area contributed by atoms with E-state index in [9.17, 15) is 14.4 Å². The van der Waals surface area contributed by atoms with Gasteiger partial charge in [0.1, 0.15) is 5.92 Å². The Labute approximate surface area is 185 Å². The van der Waals surface area contributed by atoms with Crippen LogP contribution in [0.15, 0.2) is 40.7 Å². The molecule has 0 amide bonds. The number of nitrogens with one attached hydrogen (secondary N) is 1. The summed E-state index contributed by atoms with van der Waals surface area (Å²) >= 11 is 12.3. The summed E-state index contributed by atoms with van der Waals surface area (Å²) < 4.78 is 10.1.